The second-order valence-electron chi connectivity index (χ2n) is 4.18. The fraction of sp³-hybridized carbons (Fsp3) is 0.462. The summed E-state index contributed by atoms with van der Waals surface area (Å²) in [6.07, 6.45) is 0. The average Bonchev–Trinajstić information content (AvgIpc) is 2.45. The molecule has 1 saturated heterocycles. The van der Waals surface area contributed by atoms with E-state index in [0.717, 1.165) is 17.3 Å². The number of halogens is 2. The van der Waals surface area contributed by atoms with Crippen molar-refractivity contribution in [1.82, 2.24) is 5.32 Å². The van der Waals surface area contributed by atoms with Gasteiger partial charge in [0.05, 0.1) is 0 Å². The zero-order valence-corrected chi connectivity index (χ0v) is 12.3. The Bertz CT molecular complexity index is 454. The van der Waals surface area contributed by atoms with Gasteiger partial charge in [-0.2, -0.15) is 32.3 Å². The first kappa shape index (κ1) is 15.4. The van der Waals surface area contributed by atoms with E-state index in [4.69, 9.17) is 0 Å². The average molecular weight is 319 g/mol. The fourth-order valence-electron chi connectivity index (χ4n) is 1.78. The van der Waals surface area contributed by atoms with Crippen LogP contribution in [0.25, 0.3) is 0 Å². The van der Waals surface area contributed by atoms with Gasteiger partial charge in [0.15, 0.2) is 0 Å². The molecule has 0 aromatic heterocycles. The van der Waals surface area contributed by atoms with Crippen LogP contribution in [-0.2, 0) is 0 Å². The molecule has 1 aromatic rings. The summed E-state index contributed by atoms with van der Waals surface area (Å²) >= 11 is 3.74. The van der Waals surface area contributed by atoms with Crippen molar-refractivity contribution in [2.24, 2.45) is 0 Å². The number of ether oxygens (including phenoxy) is 1. The molecule has 1 atom stereocenters. The lowest BCUT2D eigenvalue weighted by Crippen LogP contribution is -2.33. The Morgan fingerprint density at radius 1 is 1.45 bits per heavy atom. The van der Waals surface area contributed by atoms with Gasteiger partial charge in [0.25, 0.3) is 5.91 Å². The van der Waals surface area contributed by atoms with Gasteiger partial charge >= 0.3 is 6.61 Å². The first-order valence-corrected chi connectivity index (χ1v) is 8.38. The van der Waals surface area contributed by atoms with Crippen molar-refractivity contribution in [2.75, 3.05) is 23.8 Å². The van der Waals surface area contributed by atoms with Gasteiger partial charge in [0.1, 0.15) is 5.75 Å². The summed E-state index contributed by atoms with van der Waals surface area (Å²) in [6, 6.07) is 5.83. The number of benzene rings is 1. The Kier molecular flexibility index (Phi) is 5.97. The molecular weight excluding hydrogens is 304 g/mol. The molecule has 0 aliphatic carbocycles. The summed E-state index contributed by atoms with van der Waals surface area (Å²) in [5, 5.41) is 3.25. The van der Waals surface area contributed by atoms with E-state index in [0.29, 0.717) is 17.4 Å². The summed E-state index contributed by atoms with van der Waals surface area (Å²) in [6.45, 7) is -2.29. The molecule has 1 unspecified atom stereocenters. The molecule has 0 saturated carbocycles. The second-order valence-corrected chi connectivity index (χ2v) is 6.74. The third-order valence-corrected chi connectivity index (χ3v) is 5.54. The SMILES string of the molecule is O=C(NCC1CSCCS1)c1cccc(OC(F)F)c1. The Balaban J connectivity index is 1.88. The van der Waals surface area contributed by atoms with Crippen LogP contribution < -0.4 is 10.1 Å². The van der Waals surface area contributed by atoms with Gasteiger partial charge in [-0.3, -0.25) is 4.79 Å². The van der Waals surface area contributed by atoms with Crippen LogP contribution in [0.5, 0.6) is 5.75 Å². The van der Waals surface area contributed by atoms with Crippen LogP contribution in [-0.4, -0.2) is 41.6 Å². The normalized spacial score (nSPS) is 18.9. The summed E-state index contributed by atoms with van der Waals surface area (Å²) in [5.74, 6) is 3.01. The van der Waals surface area contributed by atoms with Crippen LogP contribution in [0.4, 0.5) is 8.78 Å². The number of alkyl halides is 2. The number of amides is 1. The minimum Gasteiger partial charge on any atom is -0.435 e. The summed E-state index contributed by atoms with van der Waals surface area (Å²) in [7, 11) is 0. The summed E-state index contributed by atoms with van der Waals surface area (Å²) in [4.78, 5) is 12.0. The van der Waals surface area contributed by atoms with Crippen molar-refractivity contribution in [3.05, 3.63) is 29.8 Å². The first-order chi connectivity index (χ1) is 9.65. The van der Waals surface area contributed by atoms with Gasteiger partial charge in [-0.15, -0.1) is 0 Å². The number of hydrogen-bond acceptors (Lipinski definition) is 4. The molecule has 1 fully saturated rings. The van der Waals surface area contributed by atoms with Gasteiger partial charge in [0, 0.05) is 34.6 Å². The molecule has 0 bridgehead atoms. The van der Waals surface area contributed by atoms with E-state index in [1.807, 2.05) is 23.5 Å². The van der Waals surface area contributed by atoms with Crippen LogP contribution in [0.2, 0.25) is 0 Å². The Morgan fingerprint density at radius 2 is 2.30 bits per heavy atom. The summed E-state index contributed by atoms with van der Waals surface area (Å²) in [5.41, 5.74) is 0.330. The van der Waals surface area contributed by atoms with Crippen LogP contribution in [0.3, 0.4) is 0 Å². The largest absolute Gasteiger partial charge is 0.435 e. The minimum absolute atomic E-state index is 0.00440. The number of rotatable bonds is 5. The van der Waals surface area contributed by atoms with E-state index in [2.05, 4.69) is 10.1 Å². The molecule has 2 rings (SSSR count). The van der Waals surface area contributed by atoms with Crippen molar-refractivity contribution in [3.8, 4) is 5.75 Å². The lowest BCUT2D eigenvalue weighted by atomic mass is 10.2. The van der Waals surface area contributed by atoms with Gasteiger partial charge < -0.3 is 10.1 Å². The summed E-state index contributed by atoms with van der Waals surface area (Å²) < 4.78 is 28.5. The molecule has 1 N–H and O–H groups in total. The van der Waals surface area contributed by atoms with Crippen molar-refractivity contribution < 1.29 is 18.3 Å². The van der Waals surface area contributed by atoms with Crippen molar-refractivity contribution in [1.29, 1.82) is 0 Å². The molecule has 20 heavy (non-hydrogen) atoms. The highest BCUT2D eigenvalue weighted by Gasteiger charge is 2.16. The number of hydrogen-bond donors (Lipinski definition) is 1. The van der Waals surface area contributed by atoms with Crippen molar-refractivity contribution in [2.45, 2.75) is 11.9 Å². The molecule has 3 nitrogen and oxygen atoms in total. The fourth-order valence-corrected chi connectivity index (χ4v) is 4.39. The molecule has 7 heteroatoms. The standard InChI is InChI=1S/C13H15F2NO2S2/c14-13(15)18-10-3-1-2-9(6-10)12(17)16-7-11-8-19-4-5-20-11/h1-3,6,11,13H,4-5,7-8H2,(H,16,17). The number of thioether (sulfide) groups is 2. The molecule has 110 valence electrons. The zero-order chi connectivity index (χ0) is 14.4. The van der Waals surface area contributed by atoms with E-state index in [1.165, 1.54) is 18.2 Å². The van der Waals surface area contributed by atoms with E-state index >= 15 is 0 Å². The second kappa shape index (κ2) is 7.73. The molecule has 1 aromatic carbocycles. The quantitative estimate of drug-likeness (QED) is 0.906. The molecule has 1 aliphatic rings. The van der Waals surface area contributed by atoms with Crippen LogP contribution in [0.1, 0.15) is 10.4 Å². The molecule has 0 radical (unpaired) electrons. The van der Waals surface area contributed by atoms with Gasteiger partial charge in [-0.1, -0.05) is 6.07 Å². The highest BCUT2D eigenvalue weighted by atomic mass is 32.2. The van der Waals surface area contributed by atoms with E-state index in [9.17, 15) is 13.6 Å². The topological polar surface area (TPSA) is 38.3 Å². The third kappa shape index (κ3) is 4.86. The first-order valence-electron chi connectivity index (χ1n) is 6.17. The highest BCUT2D eigenvalue weighted by molar-refractivity contribution is 8.06. The van der Waals surface area contributed by atoms with Crippen molar-refractivity contribution >= 4 is 29.4 Å². The van der Waals surface area contributed by atoms with Gasteiger partial charge in [0.2, 0.25) is 0 Å². The number of carbonyl (C=O) groups is 1. The molecule has 1 heterocycles. The lowest BCUT2D eigenvalue weighted by molar-refractivity contribution is -0.0498. The van der Waals surface area contributed by atoms with Crippen LogP contribution in [0.15, 0.2) is 24.3 Å². The molecule has 1 amide bonds. The molecule has 0 spiro atoms. The number of carbonyl (C=O) groups excluding carboxylic acids is 1. The zero-order valence-electron chi connectivity index (χ0n) is 10.7. The Hall–Kier alpha value is -0.950. The van der Waals surface area contributed by atoms with Gasteiger partial charge in [-0.25, -0.2) is 0 Å². The maximum atomic E-state index is 12.1. The van der Waals surface area contributed by atoms with Gasteiger partial charge in [-0.05, 0) is 18.2 Å². The van der Waals surface area contributed by atoms with Crippen molar-refractivity contribution in [3.63, 3.8) is 0 Å². The third-order valence-electron chi connectivity index (χ3n) is 2.70. The smallest absolute Gasteiger partial charge is 0.387 e. The Morgan fingerprint density at radius 3 is 3.00 bits per heavy atom. The molecule has 1 aliphatic heterocycles. The monoisotopic (exact) mass is 319 g/mol. The maximum absolute atomic E-state index is 12.1. The minimum atomic E-state index is -2.89. The lowest BCUT2D eigenvalue weighted by Gasteiger charge is -2.21. The van der Waals surface area contributed by atoms with Crippen LogP contribution in [0, 0.1) is 0 Å². The van der Waals surface area contributed by atoms with Crippen LogP contribution >= 0.6 is 23.5 Å². The Labute approximate surface area is 124 Å². The van der Waals surface area contributed by atoms with E-state index in [-0.39, 0.29) is 11.7 Å². The predicted octanol–water partition coefficient (Wildman–Crippen LogP) is 2.87. The predicted molar refractivity (Wildman–Crippen MR) is 79.0 cm³/mol. The van der Waals surface area contributed by atoms with E-state index in [1.54, 1.807) is 6.07 Å². The molecular formula is C13H15F2NO2S2. The van der Waals surface area contributed by atoms with E-state index < -0.39 is 6.61 Å². The maximum Gasteiger partial charge on any atom is 0.387 e. The highest BCUT2D eigenvalue weighted by Crippen LogP contribution is 2.23. The number of nitrogens with one attached hydrogen (secondary N) is 1.